The standard InChI is InChI=1S/C18H20BrNO2/c1-12-11-15(13(2)22-12)18(21)20-10-6-5-9-17(20)14-7-3-4-8-16(14)19/h3-4,7-8,11,17H,5-6,9-10H2,1-2H3. The molecule has 1 aliphatic heterocycles. The van der Waals surface area contributed by atoms with Crippen LogP contribution in [-0.2, 0) is 0 Å². The summed E-state index contributed by atoms with van der Waals surface area (Å²) in [6.07, 6.45) is 3.21. The number of furan rings is 1. The predicted molar refractivity (Wildman–Crippen MR) is 90.0 cm³/mol. The molecule has 1 saturated heterocycles. The third kappa shape index (κ3) is 2.84. The Balaban J connectivity index is 1.95. The van der Waals surface area contributed by atoms with Gasteiger partial charge >= 0.3 is 0 Å². The topological polar surface area (TPSA) is 33.5 Å². The van der Waals surface area contributed by atoms with Crippen molar-refractivity contribution in [3.63, 3.8) is 0 Å². The number of hydrogen-bond donors (Lipinski definition) is 0. The predicted octanol–water partition coefficient (Wildman–Crippen LogP) is 5.03. The fourth-order valence-electron chi connectivity index (χ4n) is 3.24. The normalized spacial score (nSPS) is 18.5. The van der Waals surface area contributed by atoms with E-state index in [1.807, 2.05) is 43.0 Å². The molecule has 1 unspecified atom stereocenters. The van der Waals surface area contributed by atoms with Crippen molar-refractivity contribution in [2.45, 2.75) is 39.2 Å². The van der Waals surface area contributed by atoms with E-state index in [-0.39, 0.29) is 11.9 Å². The number of benzene rings is 1. The van der Waals surface area contributed by atoms with Gasteiger partial charge < -0.3 is 9.32 Å². The van der Waals surface area contributed by atoms with Crippen LogP contribution >= 0.6 is 15.9 Å². The van der Waals surface area contributed by atoms with Gasteiger partial charge in [0.1, 0.15) is 11.5 Å². The zero-order valence-electron chi connectivity index (χ0n) is 12.9. The summed E-state index contributed by atoms with van der Waals surface area (Å²) in [5, 5.41) is 0. The molecule has 1 amide bonds. The van der Waals surface area contributed by atoms with E-state index in [1.165, 1.54) is 5.56 Å². The van der Waals surface area contributed by atoms with Crippen molar-refractivity contribution in [3.8, 4) is 0 Å². The lowest BCUT2D eigenvalue weighted by Gasteiger charge is -2.36. The Morgan fingerprint density at radius 2 is 2.05 bits per heavy atom. The van der Waals surface area contributed by atoms with Gasteiger partial charge in [0.05, 0.1) is 11.6 Å². The Labute approximate surface area is 139 Å². The van der Waals surface area contributed by atoms with Crippen molar-refractivity contribution in [1.82, 2.24) is 4.90 Å². The molecule has 1 aromatic carbocycles. The number of rotatable bonds is 2. The van der Waals surface area contributed by atoms with Crippen LogP contribution < -0.4 is 0 Å². The highest BCUT2D eigenvalue weighted by atomic mass is 79.9. The maximum absolute atomic E-state index is 13.0. The maximum Gasteiger partial charge on any atom is 0.257 e. The first-order chi connectivity index (χ1) is 10.6. The van der Waals surface area contributed by atoms with Crippen molar-refractivity contribution in [1.29, 1.82) is 0 Å². The van der Waals surface area contributed by atoms with Crippen LogP contribution in [0.25, 0.3) is 0 Å². The minimum Gasteiger partial charge on any atom is -0.466 e. The number of nitrogens with zero attached hydrogens (tertiary/aromatic N) is 1. The average Bonchev–Trinajstić information content (AvgIpc) is 2.86. The number of aryl methyl sites for hydroxylation is 2. The fourth-order valence-corrected chi connectivity index (χ4v) is 3.79. The van der Waals surface area contributed by atoms with Crippen molar-refractivity contribution < 1.29 is 9.21 Å². The molecule has 2 aromatic rings. The Kier molecular flexibility index (Phi) is 4.39. The van der Waals surface area contributed by atoms with Gasteiger partial charge in [-0.1, -0.05) is 34.1 Å². The van der Waals surface area contributed by atoms with E-state index in [1.54, 1.807) is 0 Å². The first kappa shape index (κ1) is 15.3. The molecule has 1 fully saturated rings. The number of hydrogen-bond acceptors (Lipinski definition) is 2. The van der Waals surface area contributed by atoms with E-state index < -0.39 is 0 Å². The molecule has 0 radical (unpaired) electrons. The molecule has 0 N–H and O–H groups in total. The van der Waals surface area contributed by atoms with Gasteiger partial charge in [0.2, 0.25) is 0 Å². The Morgan fingerprint density at radius 1 is 1.27 bits per heavy atom. The molecule has 116 valence electrons. The lowest BCUT2D eigenvalue weighted by atomic mass is 9.94. The van der Waals surface area contributed by atoms with Gasteiger partial charge in [-0.15, -0.1) is 0 Å². The van der Waals surface area contributed by atoms with Crippen molar-refractivity contribution >= 4 is 21.8 Å². The van der Waals surface area contributed by atoms with Crippen LogP contribution in [0, 0.1) is 13.8 Å². The van der Waals surface area contributed by atoms with Gasteiger partial charge in [0, 0.05) is 11.0 Å². The van der Waals surface area contributed by atoms with Crippen molar-refractivity contribution in [2.24, 2.45) is 0 Å². The number of carbonyl (C=O) groups is 1. The lowest BCUT2D eigenvalue weighted by Crippen LogP contribution is -2.38. The second-order valence-corrected chi connectivity index (χ2v) is 6.71. The molecule has 0 bridgehead atoms. The van der Waals surface area contributed by atoms with E-state index >= 15 is 0 Å². The van der Waals surface area contributed by atoms with Gasteiger partial charge in [-0.05, 0) is 50.8 Å². The average molecular weight is 362 g/mol. The molecule has 0 saturated carbocycles. The summed E-state index contributed by atoms with van der Waals surface area (Å²) in [6, 6.07) is 10.2. The van der Waals surface area contributed by atoms with Crippen LogP contribution in [0.3, 0.4) is 0 Å². The molecule has 3 rings (SSSR count). The van der Waals surface area contributed by atoms with Crippen LogP contribution in [0.15, 0.2) is 39.2 Å². The highest BCUT2D eigenvalue weighted by Crippen LogP contribution is 2.36. The number of piperidine rings is 1. The van der Waals surface area contributed by atoms with E-state index in [0.29, 0.717) is 11.3 Å². The zero-order valence-corrected chi connectivity index (χ0v) is 14.5. The maximum atomic E-state index is 13.0. The van der Waals surface area contributed by atoms with Crippen LogP contribution in [-0.4, -0.2) is 17.4 Å². The number of carbonyl (C=O) groups excluding carboxylic acids is 1. The summed E-state index contributed by atoms with van der Waals surface area (Å²) < 4.78 is 6.60. The fraction of sp³-hybridized carbons (Fsp3) is 0.389. The highest BCUT2D eigenvalue weighted by Gasteiger charge is 2.31. The second kappa shape index (κ2) is 6.29. The molecular formula is C18H20BrNO2. The summed E-state index contributed by atoms with van der Waals surface area (Å²) in [4.78, 5) is 15.0. The molecule has 4 heteroatoms. The third-order valence-corrected chi connectivity index (χ3v) is 5.02. The SMILES string of the molecule is Cc1cc(C(=O)N2CCCCC2c2ccccc2Br)c(C)o1. The monoisotopic (exact) mass is 361 g/mol. The zero-order chi connectivity index (χ0) is 15.7. The van der Waals surface area contributed by atoms with Gasteiger partial charge in [-0.3, -0.25) is 4.79 Å². The number of likely N-dealkylation sites (tertiary alicyclic amines) is 1. The molecule has 1 aromatic heterocycles. The van der Waals surface area contributed by atoms with Crippen LogP contribution in [0.1, 0.15) is 52.7 Å². The summed E-state index contributed by atoms with van der Waals surface area (Å²) in [7, 11) is 0. The minimum atomic E-state index is 0.0785. The molecule has 1 atom stereocenters. The van der Waals surface area contributed by atoms with Crippen molar-refractivity contribution in [3.05, 3.63) is 57.5 Å². The van der Waals surface area contributed by atoms with E-state index in [4.69, 9.17) is 4.42 Å². The van der Waals surface area contributed by atoms with Gasteiger partial charge in [0.15, 0.2) is 0 Å². The van der Waals surface area contributed by atoms with E-state index in [0.717, 1.165) is 36.0 Å². The molecular weight excluding hydrogens is 342 g/mol. The summed E-state index contributed by atoms with van der Waals surface area (Å²) in [5.74, 6) is 1.57. The second-order valence-electron chi connectivity index (χ2n) is 5.86. The van der Waals surface area contributed by atoms with E-state index in [9.17, 15) is 4.79 Å². The summed E-state index contributed by atoms with van der Waals surface area (Å²) >= 11 is 3.63. The Morgan fingerprint density at radius 3 is 2.73 bits per heavy atom. The molecule has 2 heterocycles. The molecule has 22 heavy (non-hydrogen) atoms. The van der Waals surface area contributed by atoms with Crippen LogP contribution in [0.4, 0.5) is 0 Å². The lowest BCUT2D eigenvalue weighted by molar-refractivity contribution is 0.0609. The minimum absolute atomic E-state index is 0.0785. The quantitative estimate of drug-likeness (QED) is 0.751. The molecule has 3 nitrogen and oxygen atoms in total. The molecule has 0 spiro atoms. The highest BCUT2D eigenvalue weighted by molar-refractivity contribution is 9.10. The largest absolute Gasteiger partial charge is 0.466 e. The van der Waals surface area contributed by atoms with E-state index in [2.05, 4.69) is 22.0 Å². The van der Waals surface area contributed by atoms with Crippen molar-refractivity contribution in [2.75, 3.05) is 6.54 Å². The van der Waals surface area contributed by atoms with Crippen LogP contribution in [0.5, 0.6) is 0 Å². The first-order valence-electron chi connectivity index (χ1n) is 7.70. The van der Waals surface area contributed by atoms with Gasteiger partial charge in [-0.25, -0.2) is 0 Å². The summed E-state index contributed by atoms with van der Waals surface area (Å²) in [5.41, 5.74) is 1.88. The Bertz CT molecular complexity index is 692. The smallest absolute Gasteiger partial charge is 0.257 e. The third-order valence-electron chi connectivity index (χ3n) is 4.30. The molecule has 1 aliphatic rings. The first-order valence-corrected chi connectivity index (χ1v) is 8.49. The Hall–Kier alpha value is -1.55. The van der Waals surface area contributed by atoms with Crippen LogP contribution in [0.2, 0.25) is 0 Å². The summed E-state index contributed by atoms with van der Waals surface area (Å²) in [6.45, 7) is 4.54. The molecule has 0 aliphatic carbocycles. The van der Waals surface area contributed by atoms with Gasteiger partial charge in [0.25, 0.3) is 5.91 Å². The van der Waals surface area contributed by atoms with Gasteiger partial charge in [-0.2, -0.15) is 0 Å². The number of halogens is 1. The number of amides is 1.